The normalized spacial score (nSPS) is 13.1. The smallest absolute Gasteiger partial charge is 0.166 e. The van der Waals surface area contributed by atoms with Gasteiger partial charge in [0.05, 0.1) is 0 Å². The molecular formula is C9H11Cl2NO. The standard InChI is InChI=1S/C9H9NO.2ClH/c11-9-5-6-10-8-4-2-1-3-7(8)9;;/h1-4,10H,5-6H2;2*1H. The molecule has 0 aromatic heterocycles. The Bertz CT molecular complexity index is 301. The molecule has 1 aromatic rings. The Balaban J connectivity index is 0.000000720. The second-order valence-corrected chi connectivity index (χ2v) is 2.65. The van der Waals surface area contributed by atoms with E-state index in [-0.39, 0.29) is 30.6 Å². The topological polar surface area (TPSA) is 29.1 Å². The van der Waals surface area contributed by atoms with E-state index in [0.29, 0.717) is 6.42 Å². The first-order valence-electron chi connectivity index (χ1n) is 3.74. The monoisotopic (exact) mass is 219 g/mol. The number of carbonyl (C=O) groups excluding carboxylic acids is 1. The van der Waals surface area contributed by atoms with Crippen LogP contribution in [-0.4, -0.2) is 12.3 Å². The Morgan fingerprint density at radius 1 is 1.15 bits per heavy atom. The van der Waals surface area contributed by atoms with Crippen molar-refractivity contribution >= 4 is 36.3 Å². The molecule has 0 bridgehead atoms. The zero-order chi connectivity index (χ0) is 7.68. The number of hydrogen-bond donors (Lipinski definition) is 1. The van der Waals surface area contributed by atoms with Crippen molar-refractivity contribution in [2.75, 3.05) is 11.9 Å². The highest BCUT2D eigenvalue weighted by atomic mass is 35.5. The molecule has 0 aliphatic carbocycles. The predicted molar refractivity (Wildman–Crippen MR) is 58.4 cm³/mol. The first-order valence-corrected chi connectivity index (χ1v) is 3.74. The van der Waals surface area contributed by atoms with Gasteiger partial charge in [0.15, 0.2) is 5.78 Å². The van der Waals surface area contributed by atoms with Gasteiger partial charge in [-0.15, -0.1) is 24.8 Å². The number of ketones is 1. The lowest BCUT2D eigenvalue weighted by molar-refractivity contribution is 0.0984. The number of halogens is 2. The van der Waals surface area contributed by atoms with E-state index in [1.54, 1.807) is 0 Å². The molecule has 72 valence electrons. The van der Waals surface area contributed by atoms with Gasteiger partial charge in [0.1, 0.15) is 0 Å². The van der Waals surface area contributed by atoms with E-state index >= 15 is 0 Å². The van der Waals surface area contributed by atoms with Gasteiger partial charge < -0.3 is 5.32 Å². The summed E-state index contributed by atoms with van der Waals surface area (Å²) in [4.78, 5) is 11.2. The van der Waals surface area contributed by atoms with Crippen LogP contribution in [0.1, 0.15) is 16.8 Å². The predicted octanol–water partition coefficient (Wildman–Crippen LogP) is 2.53. The first kappa shape index (κ1) is 12.3. The van der Waals surface area contributed by atoms with Crippen LogP contribution in [-0.2, 0) is 0 Å². The number of carbonyl (C=O) groups is 1. The quantitative estimate of drug-likeness (QED) is 0.727. The zero-order valence-electron chi connectivity index (χ0n) is 6.95. The number of para-hydroxylation sites is 1. The van der Waals surface area contributed by atoms with Crippen LogP contribution in [0.4, 0.5) is 5.69 Å². The minimum Gasteiger partial charge on any atom is -0.384 e. The molecule has 1 aromatic carbocycles. The van der Waals surface area contributed by atoms with Crippen LogP contribution in [0.15, 0.2) is 24.3 Å². The van der Waals surface area contributed by atoms with Gasteiger partial charge in [0.2, 0.25) is 0 Å². The van der Waals surface area contributed by atoms with Crippen molar-refractivity contribution < 1.29 is 4.79 Å². The van der Waals surface area contributed by atoms with Gasteiger partial charge in [-0.25, -0.2) is 0 Å². The third-order valence-electron chi connectivity index (χ3n) is 1.89. The fourth-order valence-corrected chi connectivity index (χ4v) is 1.33. The van der Waals surface area contributed by atoms with Crippen molar-refractivity contribution in [2.24, 2.45) is 0 Å². The van der Waals surface area contributed by atoms with Crippen molar-refractivity contribution in [1.82, 2.24) is 0 Å². The number of rotatable bonds is 0. The molecule has 1 aliphatic heterocycles. The molecule has 1 N–H and O–H groups in total. The van der Waals surface area contributed by atoms with Gasteiger partial charge in [-0.1, -0.05) is 12.1 Å². The molecule has 0 saturated carbocycles. The highest BCUT2D eigenvalue weighted by Gasteiger charge is 2.14. The SMILES string of the molecule is Cl.Cl.O=C1CCNc2ccccc21. The van der Waals surface area contributed by atoms with Crippen molar-refractivity contribution in [2.45, 2.75) is 6.42 Å². The molecule has 4 heteroatoms. The minimum atomic E-state index is 0. The molecule has 0 fully saturated rings. The summed E-state index contributed by atoms with van der Waals surface area (Å²) in [5, 5.41) is 3.17. The molecule has 0 amide bonds. The summed E-state index contributed by atoms with van der Waals surface area (Å²) in [5.74, 6) is 0.249. The fraction of sp³-hybridized carbons (Fsp3) is 0.222. The molecular weight excluding hydrogens is 209 g/mol. The Hall–Kier alpha value is -0.730. The second-order valence-electron chi connectivity index (χ2n) is 2.65. The van der Waals surface area contributed by atoms with Gasteiger partial charge in [-0.05, 0) is 12.1 Å². The molecule has 1 aliphatic rings. The van der Waals surface area contributed by atoms with E-state index in [0.717, 1.165) is 17.8 Å². The van der Waals surface area contributed by atoms with Crippen LogP contribution in [0.2, 0.25) is 0 Å². The van der Waals surface area contributed by atoms with Crippen LogP contribution in [0.5, 0.6) is 0 Å². The van der Waals surface area contributed by atoms with Crippen LogP contribution >= 0.6 is 24.8 Å². The number of nitrogens with one attached hydrogen (secondary N) is 1. The van der Waals surface area contributed by atoms with Crippen molar-refractivity contribution in [3.63, 3.8) is 0 Å². The van der Waals surface area contributed by atoms with E-state index in [9.17, 15) is 4.79 Å². The third-order valence-corrected chi connectivity index (χ3v) is 1.89. The average molecular weight is 220 g/mol. The molecule has 0 unspecified atom stereocenters. The molecule has 13 heavy (non-hydrogen) atoms. The van der Waals surface area contributed by atoms with Crippen LogP contribution < -0.4 is 5.32 Å². The van der Waals surface area contributed by atoms with Gasteiger partial charge in [-0.3, -0.25) is 4.79 Å². The van der Waals surface area contributed by atoms with E-state index in [1.807, 2.05) is 24.3 Å². The van der Waals surface area contributed by atoms with Crippen LogP contribution in [0.25, 0.3) is 0 Å². The zero-order valence-corrected chi connectivity index (χ0v) is 8.58. The Morgan fingerprint density at radius 2 is 1.85 bits per heavy atom. The molecule has 2 nitrogen and oxygen atoms in total. The van der Waals surface area contributed by atoms with E-state index < -0.39 is 0 Å². The second kappa shape index (κ2) is 5.10. The van der Waals surface area contributed by atoms with Gasteiger partial charge in [0, 0.05) is 24.2 Å². The molecule has 2 rings (SSSR count). The number of benzene rings is 1. The molecule has 0 spiro atoms. The number of anilines is 1. The first-order chi connectivity index (χ1) is 5.38. The van der Waals surface area contributed by atoms with Crippen LogP contribution in [0, 0.1) is 0 Å². The lowest BCUT2D eigenvalue weighted by Crippen LogP contribution is -2.17. The van der Waals surface area contributed by atoms with E-state index in [2.05, 4.69) is 5.32 Å². The molecule has 1 heterocycles. The maximum atomic E-state index is 11.2. The third kappa shape index (κ3) is 2.36. The summed E-state index contributed by atoms with van der Waals surface area (Å²) >= 11 is 0. The van der Waals surface area contributed by atoms with Crippen molar-refractivity contribution in [3.05, 3.63) is 29.8 Å². The van der Waals surface area contributed by atoms with Crippen molar-refractivity contribution in [3.8, 4) is 0 Å². The minimum absolute atomic E-state index is 0. The maximum absolute atomic E-state index is 11.2. The number of fused-ring (bicyclic) bond motifs is 1. The van der Waals surface area contributed by atoms with E-state index in [1.165, 1.54) is 0 Å². The van der Waals surface area contributed by atoms with E-state index in [4.69, 9.17) is 0 Å². The largest absolute Gasteiger partial charge is 0.384 e. The average Bonchev–Trinajstić information content (AvgIpc) is 2.06. The number of hydrogen-bond acceptors (Lipinski definition) is 2. The van der Waals surface area contributed by atoms with Crippen LogP contribution in [0.3, 0.4) is 0 Å². The Kier molecular flexibility index (Phi) is 4.81. The van der Waals surface area contributed by atoms with Gasteiger partial charge in [-0.2, -0.15) is 0 Å². The lowest BCUT2D eigenvalue weighted by Gasteiger charge is -2.15. The fourth-order valence-electron chi connectivity index (χ4n) is 1.33. The Labute approximate surface area is 89.5 Å². The Morgan fingerprint density at radius 3 is 2.54 bits per heavy atom. The molecule has 0 atom stereocenters. The maximum Gasteiger partial charge on any atom is 0.166 e. The summed E-state index contributed by atoms with van der Waals surface area (Å²) in [6, 6.07) is 7.63. The lowest BCUT2D eigenvalue weighted by atomic mass is 10.0. The summed E-state index contributed by atoms with van der Waals surface area (Å²) < 4.78 is 0. The summed E-state index contributed by atoms with van der Waals surface area (Å²) in [5.41, 5.74) is 1.81. The highest BCUT2D eigenvalue weighted by Crippen LogP contribution is 2.20. The molecule has 0 saturated heterocycles. The van der Waals surface area contributed by atoms with Crippen molar-refractivity contribution in [1.29, 1.82) is 0 Å². The highest BCUT2D eigenvalue weighted by molar-refractivity contribution is 6.02. The number of Topliss-reactive ketones (excluding diaryl/α,β-unsaturated/α-hetero) is 1. The summed E-state index contributed by atoms with van der Waals surface area (Å²) in [7, 11) is 0. The van der Waals surface area contributed by atoms with Gasteiger partial charge in [0.25, 0.3) is 0 Å². The molecule has 0 radical (unpaired) electrons. The summed E-state index contributed by atoms with van der Waals surface area (Å²) in [6.07, 6.45) is 0.622. The summed E-state index contributed by atoms with van der Waals surface area (Å²) in [6.45, 7) is 0.774. The van der Waals surface area contributed by atoms with Gasteiger partial charge >= 0.3 is 0 Å².